The Morgan fingerprint density at radius 1 is 1.04 bits per heavy atom. The fourth-order valence-electron chi connectivity index (χ4n) is 2.37. The molecule has 0 bridgehead atoms. The molecule has 0 radical (unpaired) electrons. The first kappa shape index (κ1) is 20.6. The van der Waals surface area contributed by atoms with Gasteiger partial charge in [0.2, 0.25) is 0 Å². The van der Waals surface area contributed by atoms with E-state index >= 15 is 0 Å². The zero-order chi connectivity index (χ0) is 18.2. The Labute approximate surface area is 173 Å². The molecule has 3 aromatic rings. The van der Waals surface area contributed by atoms with E-state index in [1.54, 1.807) is 0 Å². The van der Waals surface area contributed by atoms with Crippen molar-refractivity contribution in [3.05, 3.63) is 64.3 Å². The van der Waals surface area contributed by atoms with Gasteiger partial charge in [-0.2, -0.15) is 18.3 Å². The van der Waals surface area contributed by atoms with Crippen molar-refractivity contribution in [3.63, 3.8) is 0 Å². The zero-order valence-corrected chi connectivity index (χ0v) is 16.2. The molecule has 0 spiro atoms. The summed E-state index contributed by atoms with van der Waals surface area (Å²) in [5.74, 6) is -0.872. The van der Waals surface area contributed by atoms with Crippen LogP contribution in [0.5, 0.6) is 5.88 Å². The van der Waals surface area contributed by atoms with Crippen LogP contribution in [-0.2, 0) is 12.6 Å². The smallest absolute Gasteiger partial charge is 0.857 e. The maximum absolute atomic E-state index is 12.5. The third-order valence-electron chi connectivity index (χ3n) is 3.67. The first-order valence-electron chi connectivity index (χ1n) is 7.08. The second-order valence-electron chi connectivity index (χ2n) is 5.35. The molecule has 4 nitrogen and oxygen atoms in total. The van der Waals surface area contributed by atoms with Gasteiger partial charge in [0.05, 0.1) is 5.56 Å². The van der Waals surface area contributed by atoms with Gasteiger partial charge in [-0.05, 0) is 29.1 Å². The Balaban J connectivity index is 0.00000243. The number of carbonyl (C=O) groups is 1. The van der Waals surface area contributed by atoms with Gasteiger partial charge in [-0.15, -0.1) is 5.10 Å². The van der Waals surface area contributed by atoms with Crippen LogP contribution < -0.4 is 34.7 Å². The summed E-state index contributed by atoms with van der Waals surface area (Å²) >= 11 is 5.90. The molecular formula is C17H9ClF3N2NaO2. The van der Waals surface area contributed by atoms with Crippen molar-refractivity contribution in [2.24, 2.45) is 0 Å². The molecule has 0 N–H and O–H groups in total. The Hall–Kier alpha value is -1.67. The molecule has 128 valence electrons. The summed E-state index contributed by atoms with van der Waals surface area (Å²) in [6.45, 7) is 0. The van der Waals surface area contributed by atoms with Crippen molar-refractivity contribution in [2.75, 3.05) is 0 Å². The molecular weight excluding hydrogens is 380 g/mol. The van der Waals surface area contributed by atoms with Gasteiger partial charge in [0.1, 0.15) is 0 Å². The maximum atomic E-state index is 12.5. The number of fused-ring (bicyclic) bond motifs is 1. The standard InChI is InChI=1S/C17H10ClF3N2O2.Na/c18-15-13-8-10(3-6-12(13)16(25)23-22-15)14(24)7-9-1-4-11(5-2-9)17(19,20)21;/h1-6,8H,7H2,(H,23,25);/q;+1/p-1. The predicted molar refractivity (Wildman–Crippen MR) is 83.5 cm³/mol. The van der Waals surface area contributed by atoms with E-state index in [4.69, 9.17) is 11.6 Å². The van der Waals surface area contributed by atoms with E-state index in [-0.39, 0.29) is 57.9 Å². The van der Waals surface area contributed by atoms with Crippen LogP contribution >= 0.6 is 11.6 Å². The van der Waals surface area contributed by atoms with Gasteiger partial charge < -0.3 is 5.11 Å². The number of carbonyl (C=O) groups excluding carboxylic acids is 1. The minimum Gasteiger partial charge on any atom is -0.857 e. The third-order valence-corrected chi connectivity index (χ3v) is 3.95. The second kappa shape index (κ2) is 7.92. The molecule has 0 atom stereocenters. The topological polar surface area (TPSA) is 65.9 Å². The number of nitrogens with zero attached hydrogens (tertiary/aromatic N) is 2. The summed E-state index contributed by atoms with van der Waals surface area (Å²) in [5.41, 5.74) is -0.0500. The molecule has 1 heterocycles. The van der Waals surface area contributed by atoms with Crippen molar-refractivity contribution in [3.8, 4) is 5.88 Å². The Kier molecular flexibility index (Phi) is 6.29. The van der Waals surface area contributed by atoms with Gasteiger partial charge in [-0.25, -0.2) is 0 Å². The van der Waals surface area contributed by atoms with Crippen LogP contribution in [0.15, 0.2) is 42.5 Å². The summed E-state index contributed by atoms with van der Waals surface area (Å²) in [6, 6.07) is 8.69. The van der Waals surface area contributed by atoms with Crippen molar-refractivity contribution in [1.29, 1.82) is 0 Å². The fourth-order valence-corrected chi connectivity index (χ4v) is 2.57. The summed E-state index contributed by atoms with van der Waals surface area (Å²) in [6.07, 6.45) is -4.50. The van der Waals surface area contributed by atoms with Crippen LogP contribution in [0.1, 0.15) is 21.5 Å². The minimum atomic E-state index is -4.42. The monoisotopic (exact) mass is 388 g/mol. The number of aromatic nitrogens is 2. The number of alkyl halides is 3. The summed E-state index contributed by atoms with van der Waals surface area (Å²) in [7, 11) is 0. The van der Waals surface area contributed by atoms with E-state index < -0.39 is 17.6 Å². The Bertz CT molecular complexity index is 963. The molecule has 26 heavy (non-hydrogen) atoms. The minimum absolute atomic E-state index is 0. The van der Waals surface area contributed by atoms with Crippen molar-refractivity contribution < 1.29 is 52.6 Å². The van der Waals surface area contributed by atoms with E-state index in [1.807, 2.05) is 0 Å². The van der Waals surface area contributed by atoms with E-state index in [2.05, 4.69) is 10.2 Å². The Morgan fingerprint density at radius 2 is 1.69 bits per heavy atom. The second-order valence-corrected chi connectivity index (χ2v) is 5.71. The summed E-state index contributed by atoms with van der Waals surface area (Å²) < 4.78 is 37.6. The number of halogens is 4. The molecule has 0 saturated heterocycles. The van der Waals surface area contributed by atoms with E-state index in [9.17, 15) is 23.1 Å². The average molecular weight is 389 g/mol. The molecule has 0 aliphatic heterocycles. The van der Waals surface area contributed by atoms with Crippen LogP contribution in [-0.4, -0.2) is 16.0 Å². The zero-order valence-electron chi connectivity index (χ0n) is 13.5. The number of rotatable bonds is 3. The molecule has 3 rings (SSSR count). The molecule has 9 heteroatoms. The molecule has 0 saturated carbocycles. The number of Topliss-reactive ketones (excluding diaryl/α,β-unsaturated/α-hetero) is 1. The van der Waals surface area contributed by atoms with Crippen molar-refractivity contribution in [2.45, 2.75) is 12.6 Å². The van der Waals surface area contributed by atoms with Crippen molar-refractivity contribution >= 4 is 28.2 Å². The fraction of sp³-hybridized carbons (Fsp3) is 0.118. The molecule has 0 amide bonds. The molecule has 0 aliphatic rings. The SMILES string of the molecule is O=C(Cc1ccc(C(F)(F)F)cc1)c1ccc2c([O-])nnc(Cl)c2c1.[Na+]. The number of ketones is 1. The van der Waals surface area contributed by atoms with Crippen molar-refractivity contribution in [1.82, 2.24) is 10.2 Å². The van der Waals surface area contributed by atoms with E-state index in [1.165, 1.54) is 30.3 Å². The van der Waals surface area contributed by atoms with Crippen LogP contribution in [0.3, 0.4) is 0 Å². The number of hydrogen-bond acceptors (Lipinski definition) is 4. The Morgan fingerprint density at radius 3 is 2.31 bits per heavy atom. The third kappa shape index (κ3) is 4.35. The van der Waals surface area contributed by atoms with Crippen LogP contribution in [0.25, 0.3) is 10.8 Å². The van der Waals surface area contributed by atoms with E-state index in [0.717, 1.165) is 12.1 Å². The summed E-state index contributed by atoms with van der Waals surface area (Å²) in [5, 5.41) is 19.0. The van der Waals surface area contributed by atoms with Crippen LogP contribution in [0, 0.1) is 0 Å². The quantitative estimate of drug-likeness (QED) is 0.492. The van der Waals surface area contributed by atoms with Gasteiger partial charge in [-0.1, -0.05) is 35.9 Å². The summed E-state index contributed by atoms with van der Waals surface area (Å²) in [4.78, 5) is 12.4. The molecule has 0 fully saturated rings. The largest absolute Gasteiger partial charge is 1.00 e. The molecule has 0 aliphatic carbocycles. The van der Waals surface area contributed by atoms with Gasteiger partial charge >= 0.3 is 35.7 Å². The normalized spacial score (nSPS) is 11.2. The van der Waals surface area contributed by atoms with Gasteiger partial charge in [0.25, 0.3) is 0 Å². The molecule has 0 unspecified atom stereocenters. The van der Waals surface area contributed by atoms with Gasteiger partial charge in [0.15, 0.2) is 10.9 Å². The molecule has 1 aromatic heterocycles. The average Bonchev–Trinajstić information content (AvgIpc) is 2.57. The van der Waals surface area contributed by atoms with Crippen LogP contribution in [0.4, 0.5) is 13.2 Å². The predicted octanol–water partition coefficient (Wildman–Crippen LogP) is 0.805. The van der Waals surface area contributed by atoms with Gasteiger partial charge in [0, 0.05) is 23.3 Å². The van der Waals surface area contributed by atoms with Gasteiger partial charge in [-0.3, -0.25) is 4.79 Å². The first-order chi connectivity index (χ1) is 11.8. The first-order valence-corrected chi connectivity index (χ1v) is 7.46. The number of hydrogen-bond donors (Lipinski definition) is 0. The maximum Gasteiger partial charge on any atom is 1.00 e. The van der Waals surface area contributed by atoms with Crippen LogP contribution in [0.2, 0.25) is 5.15 Å². The number of benzene rings is 2. The molecule has 2 aromatic carbocycles. The van der Waals surface area contributed by atoms with E-state index in [0.29, 0.717) is 10.9 Å².